The Morgan fingerprint density at radius 2 is 2.30 bits per heavy atom. The number of aliphatic hydroxyl groups is 1. The molecule has 0 aromatic rings. The van der Waals surface area contributed by atoms with Crippen molar-refractivity contribution in [2.45, 2.75) is 31.9 Å². The molecule has 1 aliphatic carbocycles. The average molecular weight is 276 g/mol. The fourth-order valence-electron chi connectivity index (χ4n) is 2.42. The molecule has 2 rings (SSSR count). The molecule has 0 aromatic carbocycles. The van der Waals surface area contributed by atoms with Crippen molar-refractivity contribution in [3.05, 3.63) is 35.5 Å². The highest BCUT2D eigenvalue weighted by Gasteiger charge is 2.34. The topological polar surface area (TPSA) is 69.6 Å². The summed E-state index contributed by atoms with van der Waals surface area (Å²) in [6.07, 6.45) is 9.36. The molecule has 1 aliphatic heterocycles. The molecule has 0 aromatic heterocycles. The number of likely N-dealkylation sites (tertiary alicyclic amines) is 1. The molecule has 108 valence electrons. The van der Waals surface area contributed by atoms with Crippen molar-refractivity contribution in [2.24, 2.45) is 0 Å². The lowest BCUT2D eigenvalue weighted by Crippen LogP contribution is -2.43. The van der Waals surface area contributed by atoms with Gasteiger partial charge in [0.1, 0.15) is 6.04 Å². The highest BCUT2D eigenvalue weighted by molar-refractivity contribution is 5.84. The van der Waals surface area contributed by atoms with Gasteiger partial charge in [-0.3, -0.25) is 9.59 Å². The second kappa shape index (κ2) is 6.52. The minimum Gasteiger partial charge on any atom is -0.391 e. The summed E-state index contributed by atoms with van der Waals surface area (Å²) in [7, 11) is 0. The Hall–Kier alpha value is -1.88. The molecule has 0 saturated carbocycles. The SMILES string of the molecule is CC1=CCC=C(CNC(=O)[C@@H]2C[C@@H](O)CN2C=O)C=C1. The maximum absolute atomic E-state index is 12.1. The van der Waals surface area contributed by atoms with E-state index in [9.17, 15) is 14.7 Å². The maximum Gasteiger partial charge on any atom is 0.243 e. The second-order valence-electron chi connectivity index (χ2n) is 5.22. The van der Waals surface area contributed by atoms with Crippen LogP contribution in [-0.2, 0) is 9.59 Å². The van der Waals surface area contributed by atoms with E-state index < -0.39 is 12.1 Å². The Labute approximate surface area is 118 Å². The van der Waals surface area contributed by atoms with E-state index in [1.165, 1.54) is 10.5 Å². The molecule has 20 heavy (non-hydrogen) atoms. The van der Waals surface area contributed by atoms with Gasteiger partial charge in [0.25, 0.3) is 0 Å². The number of amides is 2. The Morgan fingerprint density at radius 1 is 1.50 bits per heavy atom. The molecule has 1 heterocycles. The van der Waals surface area contributed by atoms with E-state index in [2.05, 4.69) is 17.5 Å². The van der Waals surface area contributed by atoms with Gasteiger partial charge in [-0.15, -0.1) is 0 Å². The minimum atomic E-state index is -0.611. The maximum atomic E-state index is 12.1. The first kappa shape index (κ1) is 14.5. The van der Waals surface area contributed by atoms with Crippen LogP contribution in [0.4, 0.5) is 0 Å². The first-order valence-corrected chi connectivity index (χ1v) is 6.81. The van der Waals surface area contributed by atoms with Crippen LogP contribution in [0.3, 0.4) is 0 Å². The largest absolute Gasteiger partial charge is 0.391 e. The molecule has 0 unspecified atom stereocenters. The van der Waals surface area contributed by atoms with Gasteiger partial charge in [-0.05, 0) is 18.9 Å². The number of nitrogens with zero attached hydrogens (tertiary/aromatic N) is 1. The van der Waals surface area contributed by atoms with Crippen molar-refractivity contribution in [2.75, 3.05) is 13.1 Å². The Morgan fingerprint density at radius 3 is 3.05 bits per heavy atom. The lowest BCUT2D eigenvalue weighted by molar-refractivity contribution is -0.130. The number of carbonyl (C=O) groups excluding carboxylic acids is 2. The number of carbonyl (C=O) groups is 2. The van der Waals surface area contributed by atoms with Crippen molar-refractivity contribution < 1.29 is 14.7 Å². The van der Waals surface area contributed by atoms with Crippen LogP contribution in [0, 0.1) is 0 Å². The van der Waals surface area contributed by atoms with Crippen molar-refractivity contribution >= 4 is 12.3 Å². The minimum absolute atomic E-state index is 0.211. The molecule has 5 heteroatoms. The first-order valence-electron chi connectivity index (χ1n) is 6.81. The summed E-state index contributed by atoms with van der Waals surface area (Å²) in [5.74, 6) is -0.211. The van der Waals surface area contributed by atoms with Crippen molar-refractivity contribution in [1.29, 1.82) is 0 Å². The van der Waals surface area contributed by atoms with Crippen LogP contribution in [-0.4, -0.2) is 47.6 Å². The standard InChI is InChI=1S/C15H20N2O3/c1-11-3-2-4-12(6-5-11)8-16-15(20)14-7-13(19)9-17(14)10-18/h3-6,10,13-14,19H,2,7-9H2,1H3,(H,16,20)/t13-,14+/m1/s1. The highest BCUT2D eigenvalue weighted by Crippen LogP contribution is 2.16. The number of hydrogen-bond acceptors (Lipinski definition) is 3. The van der Waals surface area contributed by atoms with Crippen molar-refractivity contribution in [3.63, 3.8) is 0 Å². The molecule has 2 N–H and O–H groups in total. The van der Waals surface area contributed by atoms with E-state index in [0.717, 1.165) is 12.0 Å². The fourth-order valence-corrected chi connectivity index (χ4v) is 2.42. The van der Waals surface area contributed by atoms with Gasteiger partial charge >= 0.3 is 0 Å². The molecule has 0 radical (unpaired) electrons. The zero-order valence-electron chi connectivity index (χ0n) is 11.6. The zero-order chi connectivity index (χ0) is 14.5. The predicted octanol–water partition coefficient (Wildman–Crippen LogP) is 0.527. The van der Waals surface area contributed by atoms with Gasteiger partial charge in [-0.1, -0.05) is 29.9 Å². The number of β-amino-alcohol motifs (C(OH)–C–C–N with tert-alkyl or cyclic N) is 1. The molecule has 1 fully saturated rings. The molecule has 5 nitrogen and oxygen atoms in total. The summed E-state index contributed by atoms with van der Waals surface area (Å²) in [5.41, 5.74) is 2.25. The number of rotatable bonds is 4. The van der Waals surface area contributed by atoms with Gasteiger partial charge in [0.15, 0.2) is 0 Å². The Balaban J connectivity index is 1.88. The van der Waals surface area contributed by atoms with Gasteiger partial charge in [-0.2, -0.15) is 0 Å². The van der Waals surface area contributed by atoms with Crippen LogP contribution in [0.1, 0.15) is 19.8 Å². The summed E-state index contributed by atoms with van der Waals surface area (Å²) in [5, 5.41) is 12.4. The predicted molar refractivity (Wildman–Crippen MR) is 75.8 cm³/mol. The van der Waals surface area contributed by atoms with Crippen LogP contribution in [0.15, 0.2) is 35.5 Å². The second-order valence-corrected chi connectivity index (χ2v) is 5.22. The third-order valence-electron chi connectivity index (χ3n) is 3.60. The Kier molecular flexibility index (Phi) is 4.74. The van der Waals surface area contributed by atoms with E-state index >= 15 is 0 Å². The molecular formula is C15H20N2O3. The van der Waals surface area contributed by atoms with Gasteiger partial charge in [0.05, 0.1) is 6.10 Å². The van der Waals surface area contributed by atoms with Crippen LogP contribution in [0.5, 0.6) is 0 Å². The molecular weight excluding hydrogens is 256 g/mol. The van der Waals surface area contributed by atoms with Crippen molar-refractivity contribution in [1.82, 2.24) is 10.2 Å². The third kappa shape index (κ3) is 3.57. The number of hydrogen-bond donors (Lipinski definition) is 2. The summed E-state index contributed by atoms with van der Waals surface area (Å²) in [6, 6.07) is -0.558. The fraction of sp³-hybridized carbons (Fsp3) is 0.467. The van der Waals surface area contributed by atoms with Crippen LogP contribution >= 0.6 is 0 Å². The summed E-state index contributed by atoms with van der Waals surface area (Å²) in [4.78, 5) is 24.3. The molecule has 0 spiro atoms. The highest BCUT2D eigenvalue weighted by atomic mass is 16.3. The summed E-state index contributed by atoms with van der Waals surface area (Å²) < 4.78 is 0. The lowest BCUT2D eigenvalue weighted by atomic mass is 10.1. The van der Waals surface area contributed by atoms with E-state index in [1.54, 1.807) is 0 Å². The molecule has 0 bridgehead atoms. The number of allylic oxidation sites excluding steroid dienone is 4. The van der Waals surface area contributed by atoms with Gasteiger partial charge < -0.3 is 15.3 Å². The van der Waals surface area contributed by atoms with E-state index in [-0.39, 0.29) is 12.5 Å². The quantitative estimate of drug-likeness (QED) is 0.736. The summed E-state index contributed by atoms with van der Waals surface area (Å²) in [6.45, 7) is 2.71. The monoisotopic (exact) mass is 276 g/mol. The van der Waals surface area contributed by atoms with E-state index in [1.807, 2.05) is 19.1 Å². The molecule has 1 saturated heterocycles. The smallest absolute Gasteiger partial charge is 0.243 e. The third-order valence-corrected chi connectivity index (χ3v) is 3.60. The number of nitrogens with one attached hydrogen (secondary N) is 1. The Bertz CT molecular complexity index is 480. The van der Waals surface area contributed by atoms with E-state index in [0.29, 0.717) is 19.4 Å². The summed E-state index contributed by atoms with van der Waals surface area (Å²) >= 11 is 0. The van der Waals surface area contributed by atoms with Gasteiger partial charge in [-0.25, -0.2) is 0 Å². The first-order chi connectivity index (χ1) is 9.60. The molecule has 2 aliphatic rings. The van der Waals surface area contributed by atoms with Crippen LogP contribution < -0.4 is 5.32 Å². The lowest BCUT2D eigenvalue weighted by Gasteiger charge is -2.18. The molecule has 2 amide bonds. The van der Waals surface area contributed by atoms with Crippen molar-refractivity contribution in [3.8, 4) is 0 Å². The van der Waals surface area contributed by atoms with Crippen LogP contribution in [0.25, 0.3) is 0 Å². The normalized spacial score (nSPS) is 25.8. The average Bonchev–Trinajstić information content (AvgIpc) is 2.69. The van der Waals surface area contributed by atoms with E-state index in [4.69, 9.17) is 0 Å². The number of aliphatic hydroxyl groups excluding tert-OH is 1. The zero-order valence-corrected chi connectivity index (χ0v) is 11.6. The van der Waals surface area contributed by atoms with Gasteiger partial charge in [0.2, 0.25) is 12.3 Å². The van der Waals surface area contributed by atoms with Crippen LogP contribution in [0.2, 0.25) is 0 Å². The van der Waals surface area contributed by atoms with Gasteiger partial charge in [0, 0.05) is 19.5 Å². The molecule has 2 atom stereocenters.